The van der Waals surface area contributed by atoms with Crippen molar-refractivity contribution in [3.63, 3.8) is 0 Å². The molecule has 0 spiro atoms. The van der Waals surface area contributed by atoms with E-state index in [1.807, 2.05) is 31.5 Å². The van der Waals surface area contributed by atoms with Crippen LogP contribution in [0.4, 0.5) is 5.95 Å². The van der Waals surface area contributed by atoms with Crippen LogP contribution >= 0.6 is 0 Å². The van der Waals surface area contributed by atoms with E-state index in [1.54, 1.807) is 0 Å². The number of imidazole rings is 1. The number of pyridine rings is 1. The summed E-state index contributed by atoms with van der Waals surface area (Å²) in [6.45, 7) is 7.23. The SMILES string of the molecule is Cc1cn(C(C)C)c(NCCc2ccncc2)n1. The second-order valence-electron chi connectivity index (χ2n) is 4.74. The molecule has 0 aromatic carbocycles. The minimum Gasteiger partial charge on any atom is -0.355 e. The summed E-state index contributed by atoms with van der Waals surface area (Å²) in [5.74, 6) is 0.955. The zero-order valence-corrected chi connectivity index (χ0v) is 11.2. The van der Waals surface area contributed by atoms with Gasteiger partial charge in [0.05, 0.1) is 5.69 Å². The van der Waals surface area contributed by atoms with Crippen LogP contribution in [0.15, 0.2) is 30.7 Å². The van der Waals surface area contributed by atoms with E-state index >= 15 is 0 Å². The van der Waals surface area contributed by atoms with Crippen LogP contribution < -0.4 is 5.32 Å². The molecule has 0 saturated heterocycles. The van der Waals surface area contributed by atoms with E-state index in [0.717, 1.165) is 24.6 Å². The number of rotatable bonds is 5. The summed E-state index contributed by atoms with van der Waals surface area (Å²) in [5.41, 5.74) is 2.34. The molecule has 0 unspecified atom stereocenters. The largest absolute Gasteiger partial charge is 0.355 e. The lowest BCUT2D eigenvalue weighted by molar-refractivity contribution is 0.604. The normalized spacial score (nSPS) is 10.9. The third-order valence-electron chi connectivity index (χ3n) is 2.86. The van der Waals surface area contributed by atoms with Crippen LogP contribution in [0, 0.1) is 6.92 Å². The van der Waals surface area contributed by atoms with Crippen LogP contribution in [0.5, 0.6) is 0 Å². The topological polar surface area (TPSA) is 42.7 Å². The van der Waals surface area contributed by atoms with Crippen LogP contribution in [0.25, 0.3) is 0 Å². The molecule has 2 heterocycles. The highest BCUT2D eigenvalue weighted by Gasteiger charge is 2.07. The maximum atomic E-state index is 4.50. The smallest absolute Gasteiger partial charge is 0.203 e. The fraction of sp³-hybridized carbons (Fsp3) is 0.429. The Balaban J connectivity index is 1.94. The average Bonchev–Trinajstić information content (AvgIpc) is 2.72. The van der Waals surface area contributed by atoms with Crippen LogP contribution in [0.2, 0.25) is 0 Å². The second kappa shape index (κ2) is 5.67. The van der Waals surface area contributed by atoms with Crippen molar-refractivity contribution in [3.8, 4) is 0 Å². The Hall–Kier alpha value is -1.84. The van der Waals surface area contributed by atoms with Crippen molar-refractivity contribution in [2.75, 3.05) is 11.9 Å². The number of hydrogen-bond acceptors (Lipinski definition) is 3. The van der Waals surface area contributed by atoms with Gasteiger partial charge in [-0.25, -0.2) is 4.98 Å². The van der Waals surface area contributed by atoms with Gasteiger partial charge in [0.15, 0.2) is 0 Å². The van der Waals surface area contributed by atoms with Crippen molar-refractivity contribution >= 4 is 5.95 Å². The standard InChI is InChI=1S/C14H20N4/c1-11(2)18-10-12(3)17-14(18)16-9-6-13-4-7-15-8-5-13/h4-5,7-8,10-11H,6,9H2,1-3H3,(H,16,17). The molecule has 0 aliphatic heterocycles. The maximum absolute atomic E-state index is 4.50. The highest BCUT2D eigenvalue weighted by molar-refractivity contribution is 5.30. The Bertz CT molecular complexity index is 488. The molecule has 0 amide bonds. The van der Waals surface area contributed by atoms with E-state index in [4.69, 9.17) is 0 Å². The van der Waals surface area contributed by atoms with Crippen molar-refractivity contribution in [3.05, 3.63) is 42.0 Å². The number of aryl methyl sites for hydroxylation is 1. The van der Waals surface area contributed by atoms with Gasteiger partial charge in [0.1, 0.15) is 0 Å². The van der Waals surface area contributed by atoms with Gasteiger partial charge in [-0.2, -0.15) is 0 Å². The summed E-state index contributed by atoms with van der Waals surface area (Å²) in [4.78, 5) is 8.52. The molecule has 2 aromatic rings. The van der Waals surface area contributed by atoms with E-state index in [0.29, 0.717) is 6.04 Å². The zero-order valence-electron chi connectivity index (χ0n) is 11.2. The summed E-state index contributed by atoms with van der Waals surface area (Å²) in [5, 5.41) is 3.40. The van der Waals surface area contributed by atoms with E-state index < -0.39 is 0 Å². The molecule has 0 atom stereocenters. The average molecular weight is 244 g/mol. The van der Waals surface area contributed by atoms with Crippen molar-refractivity contribution in [1.82, 2.24) is 14.5 Å². The molecule has 0 saturated carbocycles. The first-order valence-corrected chi connectivity index (χ1v) is 6.35. The Labute approximate surface area is 108 Å². The molecule has 18 heavy (non-hydrogen) atoms. The molecule has 4 nitrogen and oxygen atoms in total. The summed E-state index contributed by atoms with van der Waals surface area (Å²) < 4.78 is 2.17. The first-order valence-electron chi connectivity index (χ1n) is 6.35. The summed E-state index contributed by atoms with van der Waals surface area (Å²) >= 11 is 0. The lowest BCUT2D eigenvalue weighted by Gasteiger charge is -2.12. The van der Waals surface area contributed by atoms with Crippen LogP contribution in [0.3, 0.4) is 0 Å². The molecule has 0 fully saturated rings. The van der Waals surface area contributed by atoms with Crippen molar-refractivity contribution < 1.29 is 0 Å². The van der Waals surface area contributed by atoms with E-state index in [-0.39, 0.29) is 0 Å². The van der Waals surface area contributed by atoms with Gasteiger partial charge in [0.2, 0.25) is 5.95 Å². The number of nitrogens with zero attached hydrogens (tertiary/aromatic N) is 3. The van der Waals surface area contributed by atoms with Crippen LogP contribution in [0.1, 0.15) is 31.1 Å². The minimum absolute atomic E-state index is 0.426. The third kappa shape index (κ3) is 3.09. The lowest BCUT2D eigenvalue weighted by Crippen LogP contribution is -2.11. The van der Waals surface area contributed by atoms with Gasteiger partial charge < -0.3 is 9.88 Å². The van der Waals surface area contributed by atoms with Crippen molar-refractivity contribution in [2.24, 2.45) is 0 Å². The minimum atomic E-state index is 0.426. The second-order valence-corrected chi connectivity index (χ2v) is 4.74. The highest BCUT2D eigenvalue weighted by Crippen LogP contribution is 2.15. The Morgan fingerprint density at radius 3 is 2.67 bits per heavy atom. The molecule has 4 heteroatoms. The van der Waals surface area contributed by atoms with Gasteiger partial charge in [-0.1, -0.05) is 0 Å². The van der Waals surface area contributed by atoms with Crippen LogP contribution in [-0.4, -0.2) is 21.1 Å². The summed E-state index contributed by atoms with van der Waals surface area (Å²) in [7, 11) is 0. The lowest BCUT2D eigenvalue weighted by atomic mass is 10.2. The third-order valence-corrected chi connectivity index (χ3v) is 2.86. The summed E-state index contributed by atoms with van der Waals surface area (Å²) in [6.07, 6.45) is 6.72. The molecule has 0 aliphatic carbocycles. The molecular formula is C14H20N4. The fourth-order valence-corrected chi connectivity index (χ4v) is 1.91. The number of nitrogens with one attached hydrogen (secondary N) is 1. The first-order chi connectivity index (χ1) is 8.66. The quantitative estimate of drug-likeness (QED) is 0.879. The molecule has 2 rings (SSSR count). The van der Waals surface area contributed by atoms with Gasteiger partial charge in [-0.05, 0) is 44.9 Å². The van der Waals surface area contributed by atoms with Crippen molar-refractivity contribution in [1.29, 1.82) is 0 Å². The number of anilines is 1. The zero-order chi connectivity index (χ0) is 13.0. The van der Waals surface area contributed by atoms with Gasteiger partial charge >= 0.3 is 0 Å². The van der Waals surface area contributed by atoms with Gasteiger partial charge in [0, 0.05) is 31.2 Å². The molecule has 0 radical (unpaired) electrons. The Morgan fingerprint density at radius 2 is 2.00 bits per heavy atom. The Morgan fingerprint density at radius 1 is 1.28 bits per heavy atom. The summed E-state index contributed by atoms with van der Waals surface area (Å²) in [6, 6.07) is 4.51. The molecule has 0 aliphatic rings. The van der Waals surface area contributed by atoms with Crippen molar-refractivity contribution in [2.45, 2.75) is 33.2 Å². The predicted octanol–water partition coefficient (Wildman–Crippen LogP) is 2.82. The molecule has 2 aromatic heterocycles. The Kier molecular flexibility index (Phi) is 3.97. The highest BCUT2D eigenvalue weighted by atomic mass is 15.2. The van der Waals surface area contributed by atoms with Crippen LogP contribution in [-0.2, 0) is 6.42 Å². The fourth-order valence-electron chi connectivity index (χ4n) is 1.91. The first kappa shape index (κ1) is 12.6. The van der Waals surface area contributed by atoms with Gasteiger partial charge in [0.25, 0.3) is 0 Å². The number of aromatic nitrogens is 3. The van der Waals surface area contributed by atoms with E-state index in [1.165, 1.54) is 5.56 Å². The monoisotopic (exact) mass is 244 g/mol. The molecular weight excluding hydrogens is 224 g/mol. The van der Waals surface area contributed by atoms with E-state index in [2.05, 4.69) is 39.9 Å². The molecule has 96 valence electrons. The molecule has 0 bridgehead atoms. The van der Waals surface area contributed by atoms with E-state index in [9.17, 15) is 0 Å². The van der Waals surface area contributed by atoms with Gasteiger partial charge in [-0.15, -0.1) is 0 Å². The number of hydrogen-bond donors (Lipinski definition) is 1. The molecule has 1 N–H and O–H groups in total. The van der Waals surface area contributed by atoms with Gasteiger partial charge in [-0.3, -0.25) is 4.98 Å². The maximum Gasteiger partial charge on any atom is 0.203 e. The predicted molar refractivity (Wildman–Crippen MR) is 73.8 cm³/mol.